The maximum atomic E-state index is 11.8. The molecule has 1 unspecified atom stereocenters. The summed E-state index contributed by atoms with van der Waals surface area (Å²) in [6.07, 6.45) is 4.84. The second-order valence-electron chi connectivity index (χ2n) is 4.20. The highest BCUT2D eigenvalue weighted by molar-refractivity contribution is 7.82. The number of carbonyl (C=O) groups excluding carboxylic acids is 3. The van der Waals surface area contributed by atoms with Gasteiger partial charge in [0.1, 0.15) is 0 Å². The van der Waals surface area contributed by atoms with Crippen molar-refractivity contribution in [3.63, 3.8) is 0 Å². The largest absolute Gasteiger partial charge is 0.331 e. The van der Waals surface area contributed by atoms with Gasteiger partial charge < -0.3 is 0 Å². The molecule has 1 atom stereocenters. The van der Waals surface area contributed by atoms with E-state index in [0.717, 1.165) is 32.1 Å². The third kappa shape index (κ3) is 1.93. The van der Waals surface area contributed by atoms with Gasteiger partial charge in [-0.05, 0) is 12.8 Å². The monoisotopic (exact) mass is 242 g/mol. The van der Waals surface area contributed by atoms with E-state index in [0.29, 0.717) is 0 Å². The Balaban J connectivity index is 2.15. The summed E-state index contributed by atoms with van der Waals surface area (Å²) in [6.45, 7) is 0. The Morgan fingerprint density at radius 2 is 1.75 bits per heavy atom. The lowest BCUT2D eigenvalue weighted by atomic mass is 9.94. The topological polar surface area (TPSA) is 66.5 Å². The first-order valence-electron chi connectivity index (χ1n) is 5.47. The van der Waals surface area contributed by atoms with E-state index in [1.807, 2.05) is 0 Å². The second-order valence-corrected chi connectivity index (χ2v) is 4.71. The highest BCUT2D eigenvalue weighted by Gasteiger charge is 2.41. The molecule has 2 fully saturated rings. The lowest BCUT2D eigenvalue weighted by molar-refractivity contribution is -0.137. The average Bonchev–Trinajstić information content (AvgIpc) is 2.28. The standard InChI is InChI=1S/C10H14N2O3S/c13-8-7(16)9(14)12(10(15)11-8)6-4-2-1-3-5-6/h6-7,16H,1-5H2,(H,11,13,15). The van der Waals surface area contributed by atoms with Crippen LogP contribution >= 0.6 is 12.6 Å². The molecule has 88 valence electrons. The molecular formula is C10H14N2O3S. The molecule has 0 spiro atoms. The minimum atomic E-state index is -1.04. The predicted molar refractivity (Wildman–Crippen MR) is 60.0 cm³/mol. The average molecular weight is 242 g/mol. The van der Waals surface area contributed by atoms with Gasteiger partial charge >= 0.3 is 6.03 Å². The van der Waals surface area contributed by atoms with Crippen molar-refractivity contribution < 1.29 is 14.4 Å². The van der Waals surface area contributed by atoms with Crippen molar-refractivity contribution in [1.29, 1.82) is 0 Å². The number of hydrogen-bond donors (Lipinski definition) is 2. The molecular weight excluding hydrogens is 228 g/mol. The highest BCUT2D eigenvalue weighted by Crippen LogP contribution is 2.25. The van der Waals surface area contributed by atoms with E-state index >= 15 is 0 Å². The fraction of sp³-hybridized carbons (Fsp3) is 0.700. The Kier molecular flexibility index (Phi) is 3.18. The van der Waals surface area contributed by atoms with Crippen LogP contribution in [0.15, 0.2) is 0 Å². The van der Waals surface area contributed by atoms with Gasteiger partial charge in [0.25, 0.3) is 5.91 Å². The van der Waals surface area contributed by atoms with Gasteiger partial charge in [-0.1, -0.05) is 19.3 Å². The van der Waals surface area contributed by atoms with E-state index in [1.54, 1.807) is 0 Å². The number of nitrogens with zero attached hydrogens (tertiary/aromatic N) is 1. The van der Waals surface area contributed by atoms with E-state index in [9.17, 15) is 14.4 Å². The van der Waals surface area contributed by atoms with Crippen molar-refractivity contribution in [2.24, 2.45) is 0 Å². The zero-order chi connectivity index (χ0) is 11.7. The summed E-state index contributed by atoms with van der Waals surface area (Å²) in [7, 11) is 0. The van der Waals surface area contributed by atoms with Gasteiger partial charge in [0.2, 0.25) is 5.91 Å². The van der Waals surface area contributed by atoms with Crippen LogP contribution < -0.4 is 5.32 Å². The molecule has 0 radical (unpaired) electrons. The number of barbiturate groups is 1. The molecule has 1 saturated heterocycles. The van der Waals surface area contributed by atoms with Gasteiger partial charge in [0, 0.05) is 6.04 Å². The fourth-order valence-electron chi connectivity index (χ4n) is 2.26. The number of urea groups is 1. The molecule has 0 bridgehead atoms. The van der Waals surface area contributed by atoms with Gasteiger partial charge in [0.05, 0.1) is 0 Å². The molecule has 0 aromatic carbocycles. The molecule has 1 aliphatic carbocycles. The summed E-state index contributed by atoms with van der Waals surface area (Å²) in [4.78, 5) is 35.8. The molecule has 2 aliphatic rings. The Hall–Kier alpha value is -1.04. The first kappa shape index (κ1) is 11.4. The van der Waals surface area contributed by atoms with Crippen molar-refractivity contribution >= 4 is 30.5 Å². The summed E-state index contributed by atoms with van der Waals surface area (Å²) in [5, 5.41) is 1.12. The molecule has 1 N–H and O–H groups in total. The van der Waals surface area contributed by atoms with Crippen LogP contribution in [0, 0.1) is 0 Å². The minimum Gasteiger partial charge on any atom is -0.276 e. The Morgan fingerprint density at radius 3 is 2.38 bits per heavy atom. The summed E-state index contributed by atoms with van der Waals surface area (Å²) >= 11 is 3.92. The molecule has 2 rings (SSSR count). The molecule has 6 heteroatoms. The number of carbonyl (C=O) groups is 3. The number of amides is 4. The van der Waals surface area contributed by atoms with Crippen LogP contribution in [-0.4, -0.2) is 34.0 Å². The highest BCUT2D eigenvalue weighted by atomic mass is 32.1. The van der Waals surface area contributed by atoms with Crippen LogP contribution in [0.2, 0.25) is 0 Å². The molecule has 1 saturated carbocycles. The van der Waals surface area contributed by atoms with Gasteiger partial charge in [-0.3, -0.25) is 19.8 Å². The van der Waals surface area contributed by atoms with Crippen LogP contribution in [0.3, 0.4) is 0 Å². The Labute approximate surface area is 99.0 Å². The minimum absolute atomic E-state index is 0.0657. The quantitative estimate of drug-likeness (QED) is 0.525. The summed E-state index contributed by atoms with van der Waals surface area (Å²) in [6, 6.07) is -0.656. The number of rotatable bonds is 1. The van der Waals surface area contributed by atoms with Crippen molar-refractivity contribution in [3.05, 3.63) is 0 Å². The first-order chi connectivity index (χ1) is 7.61. The van der Waals surface area contributed by atoms with Crippen molar-refractivity contribution in [1.82, 2.24) is 10.2 Å². The Morgan fingerprint density at radius 1 is 1.12 bits per heavy atom. The Bertz CT molecular complexity index is 339. The lowest BCUT2D eigenvalue weighted by Crippen LogP contribution is -2.62. The van der Waals surface area contributed by atoms with Gasteiger partial charge in [0.15, 0.2) is 5.25 Å². The summed E-state index contributed by atoms with van der Waals surface area (Å²) in [5.41, 5.74) is 0. The van der Waals surface area contributed by atoms with Crippen LogP contribution in [0.4, 0.5) is 4.79 Å². The zero-order valence-corrected chi connectivity index (χ0v) is 9.70. The van der Waals surface area contributed by atoms with Gasteiger partial charge in [-0.25, -0.2) is 4.79 Å². The smallest absolute Gasteiger partial charge is 0.276 e. The fourth-order valence-corrected chi connectivity index (χ4v) is 2.45. The molecule has 1 heterocycles. The molecule has 5 nitrogen and oxygen atoms in total. The van der Waals surface area contributed by atoms with Gasteiger partial charge in [-0.15, -0.1) is 0 Å². The van der Waals surface area contributed by atoms with E-state index < -0.39 is 23.1 Å². The third-order valence-corrected chi connectivity index (χ3v) is 3.56. The van der Waals surface area contributed by atoms with Crippen LogP contribution in [-0.2, 0) is 9.59 Å². The van der Waals surface area contributed by atoms with Gasteiger partial charge in [-0.2, -0.15) is 12.6 Å². The number of thiol groups is 1. The normalized spacial score (nSPS) is 28.2. The third-order valence-electron chi connectivity index (χ3n) is 3.11. The number of imide groups is 2. The zero-order valence-electron chi connectivity index (χ0n) is 8.81. The number of hydrogen-bond acceptors (Lipinski definition) is 4. The van der Waals surface area contributed by atoms with E-state index in [2.05, 4.69) is 17.9 Å². The van der Waals surface area contributed by atoms with E-state index in [-0.39, 0.29) is 6.04 Å². The van der Waals surface area contributed by atoms with E-state index in [1.165, 1.54) is 4.90 Å². The van der Waals surface area contributed by atoms with Crippen LogP contribution in [0.1, 0.15) is 32.1 Å². The maximum absolute atomic E-state index is 11.8. The summed E-state index contributed by atoms with van der Waals surface area (Å²) in [5.74, 6) is -1.10. The van der Waals surface area contributed by atoms with E-state index in [4.69, 9.17) is 0 Å². The molecule has 0 aromatic rings. The van der Waals surface area contributed by atoms with Crippen LogP contribution in [0.5, 0.6) is 0 Å². The van der Waals surface area contributed by atoms with Crippen molar-refractivity contribution in [3.8, 4) is 0 Å². The lowest BCUT2D eigenvalue weighted by Gasteiger charge is -2.36. The van der Waals surface area contributed by atoms with Crippen molar-refractivity contribution in [2.45, 2.75) is 43.4 Å². The first-order valence-corrected chi connectivity index (χ1v) is 5.99. The SMILES string of the molecule is O=C1NC(=O)N(C2CCCCC2)C(=O)C1S. The second kappa shape index (κ2) is 4.45. The van der Waals surface area contributed by atoms with Crippen LogP contribution in [0.25, 0.3) is 0 Å². The summed E-state index contributed by atoms with van der Waals surface area (Å²) < 4.78 is 0. The predicted octanol–water partition coefficient (Wildman–Crippen LogP) is 0.696. The molecule has 16 heavy (non-hydrogen) atoms. The molecule has 4 amide bonds. The molecule has 1 aliphatic heterocycles. The number of nitrogens with one attached hydrogen (secondary N) is 1. The maximum Gasteiger partial charge on any atom is 0.331 e. The van der Waals surface area contributed by atoms with Crippen molar-refractivity contribution in [2.75, 3.05) is 0 Å². The molecule has 0 aromatic heterocycles.